The second kappa shape index (κ2) is 8.44. The summed E-state index contributed by atoms with van der Waals surface area (Å²) in [6.45, 7) is -0.195. The largest absolute Gasteiger partial charge is 0.342 e. The Kier molecular flexibility index (Phi) is 6.03. The molecule has 0 unspecified atom stereocenters. The van der Waals surface area contributed by atoms with Crippen LogP contribution in [0.2, 0.25) is 5.02 Å². The normalized spacial score (nSPS) is 11.0. The Balaban J connectivity index is 1.55. The fraction of sp³-hybridized carbons (Fsp3) is 0.0556. The van der Waals surface area contributed by atoms with Crippen LogP contribution in [0.5, 0.6) is 0 Å². The van der Waals surface area contributed by atoms with Gasteiger partial charge in [0.1, 0.15) is 4.88 Å². The number of benzene rings is 2. The summed E-state index contributed by atoms with van der Waals surface area (Å²) in [6, 6.07) is 15.0. The van der Waals surface area contributed by atoms with E-state index < -0.39 is 5.91 Å². The molecule has 0 saturated heterocycles. The van der Waals surface area contributed by atoms with Crippen molar-refractivity contribution in [3.05, 3.63) is 68.5 Å². The summed E-state index contributed by atoms with van der Waals surface area (Å²) in [5.74, 6) is -0.816. The number of amides is 2. The molecule has 0 radical (unpaired) electrons. The second-order valence-electron chi connectivity index (χ2n) is 5.27. The van der Waals surface area contributed by atoms with Gasteiger partial charge in [-0.25, -0.2) is 5.43 Å². The molecule has 132 valence electrons. The van der Waals surface area contributed by atoms with Gasteiger partial charge in [-0.05, 0) is 23.8 Å². The molecule has 2 aromatic carbocycles. The molecule has 5 nitrogen and oxygen atoms in total. The summed E-state index contributed by atoms with van der Waals surface area (Å²) in [4.78, 5) is 24.5. The number of hydrazone groups is 1. The Morgan fingerprint density at radius 3 is 2.77 bits per heavy atom. The number of carbonyl (C=O) groups is 2. The SMILES string of the molecule is O=C(CNC(=O)c1sc2ccccc2c1Cl)NN=Cc1cccc(Br)c1. The van der Waals surface area contributed by atoms with E-state index in [1.807, 2.05) is 48.5 Å². The summed E-state index contributed by atoms with van der Waals surface area (Å²) in [5.41, 5.74) is 3.20. The van der Waals surface area contributed by atoms with Gasteiger partial charge in [0.25, 0.3) is 11.8 Å². The molecule has 2 amide bonds. The zero-order chi connectivity index (χ0) is 18.5. The highest BCUT2D eigenvalue weighted by Crippen LogP contribution is 2.34. The van der Waals surface area contributed by atoms with Crippen molar-refractivity contribution in [3.8, 4) is 0 Å². The maximum Gasteiger partial charge on any atom is 0.263 e. The van der Waals surface area contributed by atoms with Gasteiger partial charge >= 0.3 is 0 Å². The minimum atomic E-state index is -0.429. The van der Waals surface area contributed by atoms with Crippen LogP contribution in [0.3, 0.4) is 0 Å². The molecule has 3 aromatic rings. The molecule has 0 bridgehead atoms. The van der Waals surface area contributed by atoms with E-state index in [2.05, 4.69) is 31.8 Å². The maximum atomic E-state index is 12.3. The lowest BCUT2D eigenvalue weighted by atomic mass is 10.2. The summed E-state index contributed by atoms with van der Waals surface area (Å²) in [7, 11) is 0. The Morgan fingerprint density at radius 2 is 2.00 bits per heavy atom. The van der Waals surface area contributed by atoms with Crippen molar-refractivity contribution in [3.63, 3.8) is 0 Å². The zero-order valence-electron chi connectivity index (χ0n) is 13.3. The third kappa shape index (κ3) is 4.49. The fourth-order valence-corrected chi connectivity index (χ4v) is 4.06. The van der Waals surface area contributed by atoms with Crippen LogP contribution in [0.1, 0.15) is 15.2 Å². The Morgan fingerprint density at radius 1 is 1.19 bits per heavy atom. The lowest BCUT2D eigenvalue weighted by Gasteiger charge is -2.03. The Hall–Kier alpha value is -2.22. The molecule has 0 aliphatic carbocycles. The number of hydrogen-bond acceptors (Lipinski definition) is 4. The van der Waals surface area contributed by atoms with Crippen LogP contribution < -0.4 is 10.7 Å². The van der Waals surface area contributed by atoms with Gasteiger partial charge in [-0.2, -0.15) is 5.10 Å². The van der Waals surface area contributed by atoms with E-state index in [0.717, 1.165) is 20.1 Å². The standard InChI is InChI=1S/C18H13BrClN3O2S/c19-12-5-3-4-11(8-12)9-22-23-15(24)10-21-18(25)17-16(20)13-6-1-2-7-14(13)26-17/h1-9H,10H2,(H,21,25)(H,23,24). The highest BCUT2D eigenvalue weighted by atomic mass is 79.9. The third-order valence-electron chi connectivity index (χ3n) is 3.40. The van der Waals surface area contributed by atoms with Crippen LogP contribution in [0.25, 0.3) is 10.1 Å². The van der Waals surface area contributed by atoms with Gasteiger partial charge < -0.3 is 5.32 Å². The van der Waals surface area contributed by atoms with Crippen molar-refractivity contribution in [2.24, 2.45) is 5.10 Å². The van der Waals surface area contributed by atoms with Gasteiger partial charge in [0.15, 0.2) is 0 Å². The van der Waals surface area contributed by atoms with Crippen molar-refractivity contribution < 1.29 is 9.59 Å². The highest BCUT2D eigenvalue weighted by molar-refractivity contribution is 9.10. The van der Waals surface area contributed by atoms with E-state index in [4.69, 9.17) is 11.6 Å². The van der Waals surface area contributed by atoms with Crippen molar-refractivity contribution in [1.82, 2.24) is 10.7 Å². The summed E-state index contributed by atoms with van der Waals surface area (Å²) in [5, 5.41) is 7.64. The molecular weight excluding hydrogens is 438 g/mol. The Labute approximate surface area is 167 Å². The second-order valence-corrected chi connectivity index (χ2v) is 7.62. The molecule has 0 aliphatic rings. The van der Waals surface area contributed by atoms with Crippen LogP contribution >= 0.6 is 38.9 Å². The first-order valence-corrected chi connectivity index (χ1v) is 9.56. The van der Waals surface area contributed by atoms with Gasteiger partial charge in [0, 0.05) is 14.6 Å². The molecule has 0 fully saturated rings. The number of carbonyl (C=O) groups excluding carboxylic acids is 2. The molecule has 0 aliphatic heterocycles. The quantitative estimate of drug-likeness (QED) is 0.452. The lowest BCUT2D eigenvalue weighted by molar-refractivity contribution is -0.120. The number of fused-ring (bicyclic) bond motifs is 1. The topological polar surface area (TPSA) is 70.6 Å². The van der Waals surface area contributed by atoms with Crippen molar-refractivity contribution >= 4 is 67.0 Å². The summed E-state index contributed by atoms with van der Waals surface area (Å²) in [6.07, 6.45) is 1.52. The van der Waals surface area contributed by atoms with Crippen LogP contribution in [0.15, 0.2) is 58.1 Å². The Bertz CT molecular complexity index is 1000. The molecule has 0 saturated carbocycles. The smallest absolute Gasteiger partial charge is 0.263 e. The number of nitrogens with zero attached hydrogens (tertiary/aromatic N) is 1. The van der Waals surface area contributed by atoms with Gasteiger partial charge in [0.05, 0.1) is 17.8 Å². The van der Waals surface area contributed by atoms with Crippen molar-refractivity contribution in [1.29, 1.82) is 0 Å². The minimum absolute atomic E-state index is 0.195. The van der Waals surface area contributed by atoms with Crippen LogP contribution in [-0.2, 0) is 4.79 Å². The van der Waals surface area contributed by atoms with E-state index in [1.165, 1.54) is 17.6 Å². The monoisotopic (exact) mass is 449 g/mol. The van der Waals surface area contributed by atoms with Gasteiger partial charge in [-0.3, -0.25) is 9.59 Å². The average molecular weight is 451 g/mol. The molecule has 1 aromatic heterocycles. The highest BCUT2D eigenvalue weighted by Gasteiger charge is 2.17. The molecule has 8 heteroatoms. The minimum Gasteiger partial charge on any atom is -0.342 e. The van der Waals surface area contributed by atoms with E-state index in [9.17, 15) is 9.59 Å². The number of rotatable bonds is 5. The lowest BCUT2D eigenvalue weighted by Crippen LogP contribution is -2.34. The van der Waals surface area contributed by atoms with Crippen LogP contribution in [0, 0.1) is 0 Å². The first kappa shape index (κ1) is 18.6. The van der Waals surface area contributed by atoms with E-state index in [-0.39, 0.29) is 12.5 Å². The molecule has 1 heterocycles. The first-order valence-electron chi connectivity index (χ1n) is 7.57. The number of nitrogens with one attached hydrogen (secondary N) is 2. The molecular formula is C18H13BrClN3O2S. The fourth-order valence-electron chi connectivity index (χ4n) is 2.21. The number of thiophene rings is 1. The van der Waals surface area contributed by atoms with Crippen molar-refractivity contribution in [2.75, 3.05) is 6.54 Å². The third-order valence-corrected chi connectivity index (χ3v) is 5.57. The summed E-state index contributed by atoms with van der Waals surface area (Å²) < 4.78 is 1.84. The molecule has 2 N–H and O–H groups in total. The van der Waals surface area contributed by atoms with E-state index in [0.29, 0.717) is 9.90 Å². The molecule has 26 heavy (non-hydrogen) atoms. The van der Waals surface area contributed by atoms with Crippen LogP contribution in [-0.4, -0.2) is 24.6 Å². The van der Waals surface area contributed by atoms with E-state index in [1.54, 1.807) is 0 Å². The first-order chi connectivity index (χ1) is 12.5. The predicted molar refractivity (Wildman–Crippen MR) is 109 cm³/mol. The molecule has 3 rings (SSSR count). The van der Waals surface area contributed by atoms with Crippen LogP contribution in [0.4, 0.5) is 0 Å². The number of halogens is 2. The van der Waals surface area contributed by atoms with Gasteiger partial charge in [0.2, 0.25) is 0 Å². The predicted octanol–water partition coefficient (Wildman–Crippen LogP) is 4.20. The molecule has 0 spiro atoms. The van der Waals surface area contributed by atoms with Gasteiger partial charge in [-0.1, -0.05) is 57.9 Å². The maximum absolute atomic E-state index is 12.3. The van der Waals surface area contributed by atoms with E-state index >= 15 is 0 Å². The average Bonchev–Trinajstić information content (AvgIpc) is 2.97. The summed E-state index contributed by atoms with van der Waals surface area (Å²) >= 11 is 10.9. The van der Waals surface area contributed by atoms with Gasteiger partial charge in [-0.15, -0.1) is 11.3 Å². The number of hydrogen-bond donors (Lipinski definition) is 2. The molecule has 0 atom stereocenters. The van der Waals surface area contributed by atoms with Crippen molar-refractivity contribution in [2.45, 2.75) is 0 Å². The zero-order valence-corrected chi connectivity index (χ0v) is 16.5.